The van der Waals surface area contributed by atoms with Crippen molar-refractivity contribution in [1.29, 1.82) is 0 Å². The highest BCUT2D eigenvalue weighted by Gasteiger charge is 2.20. The van der Waals surface area contributed by atoms with Gasteiger partial charge in [-0.05, 0) is 49.8 Å². The number of unbranched alkanes of at least 4 members (excludes halogenated alkanes) is 11. The first-order valence-electron chi connectivity index (χ1n) is 12.5. The van der Waals surface area contributed by atoms with Crippen LogP contribution in [0.25, 0.3) is 0 Å². The first-order chi connectivity index (χ1) is 15.5. The highest BCUT2D eigenvalue weighted by Crippen LogP contribution is 2.13. The van der Waals surface area contributed by atoms with Gasteiger partial charge in [0.25, 0.3) is 0 Å². The molecule has 0 fully saturated rings. The number of carbonyl (C=O) groups excluding carboxylic acids is 1. The number of benzene rings is 1. The number of phenolic OH excluding ortho intramolecular Hbond substituents is 1. The summed E-state index contributed by atoms with van der Waals surface area (Å²) in [5.74, 6) is -1.13. The number of carboxylic acid groups (broad SMARTS) is 1. The first-order valence-corrected chi connectivity index (χ1v) is 12.5. The molecule has 1 rings (SSSR count). The number of hydrogen-bond donors (Lipinski definition) is 3. The van der Waals surface area contributed by atoms with E-state index < -0.39 is 12.0 Å². The lowest BCUT2D eigenvalue weighted by Gasteiger charge is -2.14. The zero-order valence-corrected chi connectivity index (χ0v) is 19.9. The maximum atomic E-state index is 12.1. The number of aliphatic carboxylic acids is 1. The quantitative estimate of drug-likeness (QED) is 0.167. The van der Waals surface area contributed by atoms with Crippen LogP contribution in [0.15, 0.2) is 36.4 Å². The molecule has 0 aliphatic heterocycles. The van der Waals surface area contributed by atoms with E-state index in [1.807, 2.05) is 0 Å². The minimum absolute atomic E-state index is 0.133. The summed E-state index contributed by atoms with van der Waals surface area (Å²) in [6.45, 7) is 2.25. The van der Waals surface area contributed by atoms with Crippen molar-refractivity contribution >= 4 is 11.9 Å². The summed E-state index contributed by atoms with van der Waals surface area (Å²) in [7, 11) is 0. The lowest BCUT2D eigenvalue weighted by molar-refractivity contribution is -0.141. The molecule has 180 valence electrons. The summed E-state index contributed by atoms with van der Waals surface area (Å²) in [6, 6.07) is 5.42. The van der Waals surface area contributed by atoms with E-state index >= 15 is 0 Å². The van der Waals surface area contributed by atoms with Gasteiger partial charge in [-0.2, -0.15) is 0 Å². The highest BCUT2D eigenvalue weighted by molar-refractivity contribution is 5.83. The van der Waals surface area contributed by atoms with Gasteiger partial charge in [0.05, 0.1) is 0 Å². The van der Waals surface area contributed by atoms with Crippen molar-refractivity contribution in [2.75, 3.05) is 0 Å². The van der Waals surface area contributed by atoms with Crippen LogP contribution in [0.3, 0.4) is 0 Å². The highest BCUT2D eigenvalue weighted by atomic mass is 16.4. The number of phenols is 1. The SMILES string of the molecule is CCCCCCCCC=CCCCCCCCC(=O)NC(Cc1ccc(O)cc1)C(=O)O. The van der Waals surface area contributed by atoms with Crippen LogP contribution in [-0.4, -0.2) is 28.1 Å². The number of allylic oxidation sites excluding steroid dienone is 2. The molecule has 1 unspecified atom stereocenters. The number of aromatic hydroxyl groups is 1. The summed E-state index contributed by atoms with van der Waals surface area (Å²) in [4.78, 5) is 23.6. The third-order valence-electron chi connectivity index (χ3n) is 5.68. The van der Waals surface area contributed by atoms with Crippen LogP contribution in [0.5, 0.6) is 5.75 Å². The second-order valence-corrected chi connectivity index (χ2v) is 8.66. The largest absolute Gasteiger partial charge is 0.508 e. The first kappa shape index (κ1) is 27.7. The number of carbonyl (C=O) groups is 2. The summed E-state index contributed by atoms with van der Waals surface area (Å²) in [5.41, 5.74) is 0.761. The maximum absolute atomic E-state index is 12.1. The van der Waals surface area contributed by atoms with E-state index in [9.17, 15) is 19.8 Å². The Morgan fingerprint density at radius 1 is 0.844 bits per heavy atom. The summed E-state index contributed by atoms with van der Waals surface area (Å²) >= 11 is 0. The molecule has 0 heterocycles. The molecular weight excluding hydrogens is 402 g/mol. The van der Waals surface area contributed by atoms with Crippen molar-refractivity contribution in [1.82, 2.24) is 5.32 Å². The molecule has 3 N–H and O–H groups in total. The van der Waals surface area contributed by atoms with E-state index in [0.29, 0.717) is 6.42 Å². The van der Waals surface area contributed by atoms with Crippen LogP contribution in [-0.2, 0) is 16.0 Å². The molecule has 32 heavy (non-hydrogen) atoms. The Balaban J connectivity index is 2.03. The Bertz CT molecular complexity index is 654. The molecule has 0 bridgehead atoms. The van der Waals surface area contributed by atoms with Gasteiger partial charge in [0.1, 0.15) is 11.8 Å². The zero-order chi connectivity index (χ0) is 23.4. The molecule has 1 amide bonds. The lowest BCUT2D eigenvalue weighted by atomic mass is 10.0. The predicted molar refractivity (Wildman–Crippen MR) is 131 cm³/mol. The molecule has 0 spiro atoms. The molecule has 0 saturated heterocycles. The minimum Gasteiger partial charge on any atom is -0.508 e. The van der Waals surface area contributed by atoms with E-state index in [4.69, 9.17) is 0 Å². The van der Waals surface area contributed by atoms with Crippen LogP contribution in [0, 0.1) is 0 Å². The van der Waals surface area contributed by atoms with Crippen LogP contribution >= 0.6 is 0 Å². The van der Waals surface area contributed by atoms with Gasteiger partial charge in [-0.25, -0.2) is 4.79 Å². The second kappa shape index (κ2) is 18.3. The third kappa shape index (κ3) is 14.7. The smallest absolute Gasteiger partial charge is 0.326 e. The van der Waals surface area contributed by atoms with E-state index in [-0.39, 0.29) is 18.1 Å². The normalized spacial score (nSPS) is 12.2. The summed E-state index contributed by atoms with van der Waals surface area (Å²) < 4.78 is 0. The predicted octanol–water partition coefficient (Wildman–Crippen LogP) is 6.54. The fourth-order valence-electron chi connectivity index (χ4n) is 3.69. The van der Waals surface area contributed by atoms with Crippen molar-refractivity contribution in [3.05, 3.63) is 42.0 Å². The van der Waals surface area contributed by atoms with E-state index in [1.54, 1.807) is 12.1 Å². The molecule has 1 aromatic carbocycles. The van der Waals surface area contributed by atoms with Crippen molar-refractivity contribution in [3.8, 4) is 5.75 Å². The zero-order valence-electron chi connectivity index (χ0n) is 19.9. The Morgan fingerprint density at radius 3 is 1.94 bits per heavy atom. The number of carboxylic acids is 1. The summed E-state index contributed by atoms with van der Waals surface area (Å²) in [6.07, 6.45) is 20.8. The van der Waals surface area contributed by atoms with Gasteiger partial charge in [0.2, 0.25) is 5.91 Å². The van der Waals surface area contributed by atoms with Gasteiger partial charge in [0, 0.05) is 12.8 Å². The Labute approximate surface area is 194 Å². The van der Waals surface area contributed by atoms with Gasteiger partial charge in [0.15, 0.2) is 0 Å². The molecule has 5 nitrogen and oxygen atoms in total. The monoisotopic (exact) mass is 445 g/mol. The molecule has 0 radical (unpaired) electrons. The van der Waals surface area contributed by atoms with Gasteiger partial charge in [-0.15, -0.1) is 0 Å². The Morgan fingerprint density at radius 2 is 1.38 bits per heavy atom. The average Bonchev–Trinajstić information content (AvgIpc) is 2.77. The van der Waals surface area contributed by atoms with Crippen molar-refractivity contribution < 1.29 is 19.8 Å². The van der Waals surface area contributed by atoms with Crippen LogP contribution in [0.1, 0.15) is 102 Å². The molecule has 5 heteroatoms. The average molecular weight is 446 g/mol. The number of nitrogens with one attached hydrogen (secondary N) is 1. The topological polar surface area (TPSA) is 86.6 Å². The third-order valence-corrected chi connectivity index (χ3v) is 5.68. The molecule has 0 aromatic heterocycles. The van der Waals surface area contributed by atoms with Gasteiger partial charge in [-0.1, -0.05) is 82.6 Å². The van der Waals surface area contributed by atoms with Gasteiger partial charge in [-0.3, -0.25) is 4.79 Å². The maximum Gasteiger partial charge on any atom is 0.326 e. The molecule has 0 aliphatic carbocycles. The molecule has 1 aromatic rings. The number of amides is 1. The van der Waals surface area contributed by atoms with Crippen LogP contribution < -0.4 is 5.32 Å². The molecule has 0 aliphatic rings. The van der Waals surface area contributed by atoms with Gasteiger partial charge >= 0.3 is 5.97 Å². The van der Waals surface area contributed by atoms with Crippen molar-refractivity contribution in [2.45, 2.75) is 109 Å². The summed E-state index contributed by atoms with van der Waals surface area (Å²) in [5, 5.41) is 21.3. The standard InChI is InChI=1S/C27H43NO4/c1-2-3-4-5-6-7-8-9-10-11-12-13-14-15-16-17-26(30)28-25(27(31)32)22-23-18-20-24(29)21-19-23/h9-10,18-21,25,29H,2-8,11-17,22H2,1H3,(H,28,30)(H,31,32). The minimum atomic E-state index is -1.05. The Hall–Kier alpha value is -2.30. The molecule has 1 atom stereocenters. The van der Waals surface area contributed by atoms with E-state index in [1.165, 1.54) is 69.9 Å². The van der Waals surface area contributed by atoms with E-state index in [0.717, 1.165) is 31.2 Å². The van der Waals surface area contributed by atoms with Crippen molar-refractivity contribution in [2.24, 2.45) is 0 Å². The van der Waals surface area contributed by atoms with Crippen molar-refractivity contribution in [3.63, 3.8) is 0 Å². The molecule has 0 saturated carbocycles. The number of hydrogen-bond acceptors (Lipinski definition) is 3. The fraction of sp³-hybridized carbons (Fsp3) is 0.630. The van der Waals surface area contributed by atoms with E-state index in [2.05, 4.69) is 24.4 Å². The number of rotatable bonds is 19. The van der Waals surface area contributed by atoms with Crippen LogP contribution in [0.4, 0.5) is 0 Å². The second-order valence-electron chi connectivity index (χ2n) is 8.66. The molecular formula is C27H43NO4. The van der Waals surface area contributed by atoms with Crippen LogP contribution in [0.2, 0.25) is 0 Å². The Kier molecular flexibility index (Phi) is 15.9. The lowest BCUT2D eigenvalue weighted by Crippen LogP contribution is -2.42. The van der Waals surface area contributed by atoms with Gasteiger partial charge < -0.3 is 15.5 Å². The fourth-order valence-corrected chi connectivity index (χ4v) is 3.69.